The largest absolute Gasteiger partial charge is 0.497 e. The number of hydrogen-bond donors (Lipinski definition) is 1. The molecule has 2 aromatic carbocycles. The molecule has 0 unspecified atom stereocenters. The average Bonchev–Trinajstić information content (AvgIpc) is 3.19. The fraction of sp³-hybridized carbons (Fsp3) is 0.125. The summed E-state index contributed by atoms with van der Waals surface area (Å²) in [5, 5.41) is 16.9. The monoisotopic (exact) mass is 398 g/mol. The first-order valence-electron chi connectivity index (χ1n) is 9.38. The molecule has 0 aliphatic carbocycles. The van der Waals surface area contributed by atoms with E-state index in [9.17, 15) is 10.1 Å². The summed E-state index contributed by atoms with van der Waals surface area (Å²) >= 11 is 0. The van der Waals surface area contributed by atoms with E-state index in [2.05, 4.69) is 11.9 Å². The Labute approximate surface area is 175 Å². The molecule has 150 valence electrons. The van der Waals surface area contributed by atoms with Crippen molar-refractivity contribution in [1.29, 1.82) is 5.26 Å². The van der Waals surface area contributed by atoms with Crippen LogP contribution in [0.2, 0.25) is 0 Å². The molecule has 1 heterocycles. The van der Waals surface area contributed by atoms with Crippen LogP contribution in [0.3, 0.4) is 0 Å². The van der Waals surface area contributed by atoms with Gasteiger partial charge in [0.25, 0.3) is 5.91 Å². The van der Waals surface area contributed by atoms with Crippen molar-refractivity contribution in [3.05, 3.63) is 84.1 Å². The molecule has 3 rings (SSSR count). The van der Waals surface area contributed by atoms with Crippen LogP contribution in [-0.2, 0) is 4.79 Å². The van der Waals surface area contributed by atoms with E-state index in [1.807, 2.05) is 67.7 Å². The Morgan fingerprint density at radius 2 is 2.07 bits per heavy atom. The van der Waals surface area contributed by atoms with Gasteiger partial charge in [0, 0.05) is 23.9 Å². The maximum absolute atomic E-state index is 12.3. The SMILES string of the molecule is C=CCNC(=O)/C(C#N)=C/c1cn(-c2ccccc2)nc1-c1ccc(OC)cc1C. The highest BCUT2D eigenvalue weighted by Gasteiger charge is 2.16. The second-order valence-electron chi connectivity index (χ2n) is 6.56. The summed E-state index contributed by atoms with van der Waals surface area (Å²) in [5.74, 6) is 0.291. The highest BCUT2D eigenvalue weighted by atomic mass is 16.5. The van der Waals surface area contributed by atoms with Crippen molar-refractivity contribution in [2.75, 3.05) is 13.7 Å². The minimum absolute atomic E-state index is 0.00289. The van der Waals surface area contributed by atoms with Crippen molar-refractivity contribution in [2.45, 2.75) is 6.92 Å². The van der Waals surface area contributed by atoms with Gasteiger partial charge in [-0.05, 0) is 48.9 Å². The molecule has 0 fully saturated rings. The molecule has 6 nitrogen and oxygen atoms in total. The van der Waals surface area contributed by atoms with Gasteiger partial charge >= 0.3 is 0 Å². The number of ether oxygens (including phenoxy) is 1. The molecule has 0 spiro atoms. The Morgan fingerprint density at radius 3 is 2.70 bits per heavy atom. The van der Waals surface area contributed by atoms with E-state index in [4.69, 9.17) is 9.84 Å². The molecule has 30 heavy (non-hydrogen) atoms. The first-order chi connectivity index (χ1) is 14.6. The highest BCUT2D eigenvalue weighted by molar-refractivity contribution is 6.02. The Kier molecular flexibility index (Phi) is 6.46. The zero-order chi connectivity index (χ0) is 21.5. The number of aryl methyl sites for hydroxylation is 1. The minimum atomic E-state index is -0.456. The zero-order valence-corrected chi connectivity index (χ0v) is 16.9. The first-order valence-corrected chi connectivity index (χ1v) is 9.38. The molecule has 1 N–H and O–H groups in total. The van der Waals surface area contributed by atoms with Crippen LogP contribution in [0.5, 0.6) is 5.75 Å². The van der Waals surface area contributed by atoms with Crippen molar-refractivity contribution >= 4 is 12.0 Å². The lowest BCUT2D eigenvalue weighted by atomic mass is 10.0. The Hall–Kier alpha value is -4.11. The van der Waals surface area contributed by atoms with Crippen molar-refractivity contribution in [3.63, 3.8) is 0 Å². The number of methoxy groups -OCH3 is 1. The van der Waals surface area contributed by atoms with Gasteiger partial charge < -0.3 is 10.1 Å². The van der Waals surface area contributed by atoms with Gasteiger partial charge in [0.15, 0.2) is 0 Å². The number of amides is 1. The lowest BCUT2D eigenvalue weighted by Crippen LogP contribution is -2.24. The summed E-state index contributed by atoms with van der Waals surface area (Å²) in [4.78, 5) is 12.3. The van der Waals surface area contributed by atoms with Crippen LogP contribution < -0.4 is 10.1 Å². The van der Waals surface area contributed by atoms with E-state index < -0.39 is 5.91 Å². The number of nitrogens with one attached hydrogen (secondary N) is 1. The summed E-state index contributed by atoms with van der Waals surface area (Å²) < 4.78 is 7.04. The molecule has 0 atom stereocenters. The van der Waals surface area contributed by atoms with E-state index in [1.165, 1.54) is 0 Å². The van der Waals surface area contributed by atoms with Crippen molar-refractivity contribution in [2.24, 2.45) is 0 Å². The van der Waals surface area contributed by atoms with Crippen LogP contribution in [0.4, 0.5) is 0 Å². The van der Waals surface area contributed by atoms with Gasteiger partial charge in [0.2, 0.25) is 0 Å². The van der Waals surface area contributed by atoms with Gasteiger partial charge in [0.05, 0.1) is 12.8 Å². The maximum atomic E-state index is 12.3. The second-order valence-corrected chi connectivity index (χ2v) is 6.56. The smallest absolute Gasteiger partial charge is 0.262 e. The number of rotatable bonds is 7. The predicted molar refractivity (Wildman–Crippen MR) is 117 cm³/mol. The van der Waals surface area contributed by atoms with E-state index >= 15 is 0 Å². The van der Waals surface area contributed by atoms with E-state index in [0.717, 1.165) is 22.6 Å². The van der Waals surface area contributed by atoms with E-state index in [1.54, 1.807) is 23.9 Å². The lowest BCUT2D eigenvalue weighted by molar-refractivity contribution is -0.116. The minimum Gasteiger partial charge on any atom is -0.497 e. The van der Waals surface area contributed by atoms with Crippen molar-refractivity contribution in [3.8, 4) is 28.8 Å². The van der Waals surface area contributed by atoms with Crippen molar-refractivity contribution < 1.29 is 9.53 Å². The third kappa shape index (κ3) is 4.47. The number of carbonyl (C=O) groups excluding carboxylic acids is 1. The maximum Gasteiger partial charge on any atom is 0.262 e. The topological polar surface area (TPSA) is 79.9 Å². The fourth-order valence-corrected chi connectivity index (χ4v) is 3.01. The molecule has 1 aromatic heterocycles. The molecule has 0 aliphatic rings. The summed E-state index contributed by atoms with van der Waals surface area (Å²) in [6, 6.07) is 17.3. The normalized spacial score (nSPS) is 10.9. The molecule has 1 amide bonds. The summed E-state index contributed by atoms with van der Waals surface area (Å²) in [6.07, 6.45) is 4.93. The third-order valence-corrected chi connectivity index (χ3v) is 4.52. The molecule has 0 saturated carbocycles. The van der Waals surface area contributed by atoms with Gasteiger partial charge in [0.1, 0.15) is 23.1 Å². The Balaban J connectivity index is 2.14. The summed E-state index contributed by atoms with van der Waals surface area (Å²) in [6.45, 7) is 5.83. The van der Waals surface area contributed by atoms with Gasteiger partial charge in [-0.25, -0.2) is 4.68 Å². The van der Waals surface area contributed by atoms with Gasteiger partial charge in [-0.2, -0.15) is 10.4 Å². The third-order valence-electron chi connectivity index (χ3n) is 4.52. The second kappa shape index (κ2) is 9.39. The molecular weight excluding hydrogens is 376 g/mol. The predicted octanol–water partition coefficient (Wildman–Crippen LogP) is 4.07. The highest BCUT2D eigenvalue weighted by Crippen LogP contribution is 2.30. The van der Waals surface area contributed by atoms with Gasteiger partial charge in [-0.1, -0.05) is 24.3 Å². The molecule has 6 heteroatoms. The summed E-state index contributed by atoms with van der Waals surface area (Å²) in [5.41, 5.74) is 4.06. The fourth-order valence-electron chi connectivity index (χ4n) is 3.01. The molecule has 0 saturated heterocycles. The van der Waals surface area contributed by atoms with Gasteiger partial charge in [-0.3, -0.25) is 4.79 Å². The first kappa shape index (κ1) is 20.6. The standard InChI is InChI=1S/C24H22N4O2/c1-4-12-26-24(29)18(15-25)14-19-16-28(20-8-6-5-7-9-20)27-23(19)22-11-10-21(30-3)13-17(22)2/h4-11,13-14,16H,1,12H2,2-3H3,(H,26,29)/b18-14+. The Bertz CT molecular complexity index is 1140. The van der Waals surface area contributed by atoms with Crippen LogP contribution in [0.15, 0.2) is 73.0 Å². The van der Waals surface area contributed by atoms with E-state index in [-0.39, 0.29) is 12.1 Å². The van der Waals surface area contributed by atoms with Crippen LogP contribution in [0.1, 0.15) is 11.1 Å². The zero-order valence-electron chi connectivity index (χ0n) is 16.9. The van der Waals surface area contributed by atoms with E-state index in [0.29, 0.717) is 11.3 Å². The van der Waals surface area contributed by atoms with Crippen LogP contribution >= 0.6 is 0 Å². The molecule has 3 aromatic rings. The lowest BCUT2D eigenvalue weighted by Gasteiger charge is -2.07. The number of carbonyl (C=O) groups is 1. The van der Waals surface area contributed by atoms with Crippen molar-refractivity contribution in [1.82, 2.24) is 15.1 Å². The number of hydrogen-bond acceptors (Lipinski definition) is 4. The number of aromatic nitrogens is 2. The number of benzene rings is 2. The number of nitrogens with zero attached hydrogens (tertiary/aromatic N) is 3. The van der Waals surface area contributed by atoms with Crippen LogP contribution in [-0.4, -0.2) is 29.3 Å². The molecular formula is C24H22N4O2. The molecule has 0 radical (unpaired) electrons. The number of para-hydroxylation sites is 1. The van der Waals surface area contributed by atoms with Gasteiger partial charge in [-0.15, -0.1) is 6.58 Å². The summed E-state index contributed by atoms with van der Waals surface area (Å²) in [7, 11) is 1.62. The van der Waals surface area contributed by atoms with Crippen LogP contribution in [0, 0.1) is 18.3 Å². The quantitative estimate of drug-likeness (QED) is 0.370. The number of nitriles is 1. The Morgan fingerprint density at radius 1 is 1.30 bits per heavy atom. The average molecular weight is 398 g/mol. The molecule has 0 bridgehead atoms. The van der Waals surface area contributed by atoms with Crippen LogP contribution in [0.25, 0.3) is 23.0 Å². The molecule has 0 aliphatic heterocycles.